The summed E-state index contributed by atoms with van der Waals surface area (Å²) in [5, 5.41) is 9.53. The van der Waals surface area contributed by atoms with E-state index in [0.717, 1.165) is 18.5 Å². The van der Waals surface area contributed by atoms with E-state index in [1.54, 1.807) is 0 Å². The van der Waals surface area contributed by atoms with Gasteiger partial charge in [0.05, 0.1) is 18.3 Å². The predicted octanol–water partition coefficient (Wildman–Crippen LogP) is 1.36. The van der Waals surface area contributed by atoms with Crippen LogP contribution < -0.4 is 10.6 Å². The number of carbonyl (C=O) groups is 2. The van der Waals surface area contributed by atoms with Crippen molar-refractivity contribution < 1.29 is 14.1 Å². The van der Waals surface area contributed by atoms with Crippen LogP contribution in [0.4, 0.5) is 4.79 Å². The van der Waals surface area contributed by atoms with Gasteiger partial charge in [0.25, 0.3) is 0 Å². The molecule has 120 valence electrons. The Labute approximate surface area is 129 Å². The van der Waals surface area contributed by atoms with Gasteiger partial charge in [0.1, 0.15) is 0 Å². The van der Waals surface area contributed by atoms with Crippen LogP contribution in [0.1, 0.15) is 50.5 Å². The van der Waals surface area contributed by atoms with Gasteiger partial charge in [-0.1, -0.05) is 19.0 Å². The molecule has 2 fully saturated rings. The van der Waals surface area contributed by atoms with Crippen molar-refractivity contribution in [3.8, 4) is 0 Å². The second-order valence-corrected chi connectivity index (χ2v) is 6.38. The maximum absolute atomic E-state index is 11.9. The molecule has 7 nitrogen and oxygen atoms in total. The molecule has 1 atom stereocenters. The molecule has 2 heterocycles. The van der Waals surface area contributed by atoms with Crippen LogP contribution in [0.15, 0.2) is 10.6 Å². The summed E-state index contributed by atoms with van der Waals surface area (Å²) < 4.78 is 5.17. The lowest BCUT2D eigenvalue weighted by molar-refractivity contribution is -0.128. The van der Waals surface area contributed by atoms with Crippen LogP contribution in [0.2, 0.25) is 0 Å². The van der Waals surface area contributed by atoms with E-state index in [9.17, 15) is 9.59 Å². The van der Waals surface area contributed by atoms with Gasteiger partial charge in [0.2, 0.25) is 5.91 Å². The molecule has 1 unspecified atom stereocenters. The van der Waals surface area contributed by atoms with Crippen molar-refractivity contribution >= 4 is 11.9 Å². The first-order valence-electron chi connectivity index (χ1n) is 7.82. The minimum absolute atomic E-state index is 0.103. The highest BCUT2D eigenvalue weighted by molar-refractivity contribution is 5.82. The molecule has 1 saturated heterocycles. The maximum Gasteiger partial charge on any atom is 0.315 e. The zero-order valence-electron chi connectivity index (χ0n) is 13.0. The Morgan fingerprint density at radius 2 is 2.27 bits per heavy atom. The monoisotopic (exact) mass is 306 g/mol. The second-order valence-electron chi connectivity index (χ2n) is 6.38. The Kier molecular flexibility index (Phi) is 4.04. The van der Waals surface area contributed by atoms with Crippen molar-refractivity contribution in [3.63, 3.8) is 0 Å². The summed E-state index contributed by atoms with van der Waals surface area (Å²) >= 11 is 0. The third-order valence-corrected chi connectivity index (χ3v) is 4.07. The summed E-state index contributed by atoms with van der Waals surface area (Å²) in [5.41, 5.74) is 0.874. The molecule has 0 radical (unpaired) electrons. The van der Waals surface area contributed by atoms with Crippen LogP contribution in [-0.4, -0.2) is 40.6 Å². The normalized spacial score (nSPS) is 21.5. The highest BCUT2D eigenvalue weighted by Crippen LogP contribution is 2.30. The lowest BCUT2D eigenvalue weighted by Gasteiger charge is -2.16. The van der Waals surface area contributed by atoms with Gasteiger partial charge in [-0.25, -0.2) is 4.79 Å². The summed E-state index contributed by atoms with van der Waals surface area (Å²) in [4.78, 5) is 25.6. The van der Waals surface area contributed by atoms with Crippen molar-refractivity contribution in [2.45, 2.75) is 57.7 Å². The van der Waals surface area contributed by atoms with Gasteiger partial charge in [0.15, 0.2) is 5.76 Å². The van der Waals surface area contributed by atoms with Crippen LogP contribution in [0, 0.1) is 0 Å². The van der Waals surface area contributed by atoms with E-state index in [1.165, 1.54) is 0 Å². The Hall–Kier alpha value is -2.05. The average molecular weight is 306 g/mol. The van der Waals surface area contributed by atoms with Gasteiger partial charge in [-0.05, 0) is 18.8 Å². The van der Waals surface area contributed by atoms with Crippen molar-refractivity contribution in [1.82, 2.24) is 20.7 Å². The molecule has 2 N–H and O–H groups in total. The number of aromatic nitrogens is 1. The van der Waals surface area contributed by atoms with Crippen LogP contribution in [0.25, 0.3) is 0 Å². The zero-order chi connectivity index (χ0) is 15.7. The Bertz CT molecular complexity index is 565. The Morgan fingerprint density at radius 1 is 1.50 bits per heavy atom. The number of urea groups is 1. The van der Waals surface area contributed by atoms with Crippen molar-refractivity contribution in [2.24, 2.45) is 0 Å². The highest BCUT2D eigenvalue weighted by Gasteiger charge is 2.39. The first-order chi connectivity index (χ1) is 10.5. The lowest BCUT2D eigenvalue weighted by atomic mass is 10.1. The fraction of sp³-hybridized carbons (Fsp3) is 0.667. The number of likely N-dealkylation sites (tertiary alicyclic amines) is 1. The van der Waals surface area contributed by atoms with Gasteiger partial charge in [0, 0.05) is 25.1 Å². The lowest BCUT2D eigenvalue weighted by Crippen LogP contribution is -2.43. The van der Waals surface area contributed by atoms with Crippen LogP contribution in [-0.2, 0) is 11.3 Å². The summed E-state index contributed by atoms with van der Waals surface area (Å²) in [7, 11) is 0. The Morgan fingerprint density at radius 3 is 2.91 bits per heavy atom. The van der Waals surface area contributed by atoms with E-state index in [0.29, 0.717) is 37.2 Å². The van der Waals surface area contributed by atoms with Crippen molar-refractivity contribution in [1.29, 1.82) is 0 Å². The highest BCUT2D eigenvalue weighted by atomic mass is 16.5. The minimum Gasteiger partial charge on any atom is -0.359 e. The molecule has 2 aliphatic rings. The van der Waals surface area contributed by atoms with Gasteiger partial charge >= 0.3 is 6.03 Å². The van der Waals surface area contributed by atoms with E-state index in [1.807, 2.05) is 24.8 Å². The van der Waals surface area contributed by atoms with Crippen LogP contribution >= 0.6 is 0 Å². The molecule has 1 aliphatic heterocycles. The van der Waals surface area contributed by atoms with Gasteiger partial charge < -0.3 is 20.1 Å². The zero-order valence-corrected chi connectivity index (χ0v) is 13.0. The topological polar surface area (TPSA) is 87.5 Å². The van der Waals surface area contributed by atoms with E-state index in [2.05, 4.69) is 15.8 Å². The molecular formula is C15H22N4O3. The van der Waals surface area contributed by atoms with Gasteiger partial charge in [-0.2, -0.15) is 0 Å². The molecule has 1 aliphatic carbocycles. The summed E-state index contributed by atoms with van der Waals surface area (Å²) in [6.07, 6.45) is 2.58. The van der Waals surface area contributed by atoms with Gasteiger partial charge in [-0.3, -0.25) is 4.79 Å². The number of nitrogens with zero attached hydrogens (tertiary/aromatic N) is 2. The number of hydrogen-bond donors (Lipinski definition) is 2. The molecule has 0 spiro atoms. The SMILES string of the molecule is CC(C)c1cc(CNC(=O)NC2CC(=O)N(C3CC3)C2)on1. The molecule has 3 rings (SSSR count). The Balaban J connectivity index is 1.43. The number of amides is 3. The standard InChI is InChI=1S/C15H22N4O3/c1-9(2)13-6-12(22-18-13)7-16-15(21)17-10-5-14(20)19(8-10)11-3-4-11/h6,9-11H,3-5,7-8H2,1-2H3,(H2,16,17,21). The molecule has 3 amide bonds. The smallest absolute Gasteiger partial charge is 0.315 e. The molecule has 1 saturated carbocycles. The number of nitrogens with one attached hydrogen (secondary N) is 2. The second kappa shape index (κ2) is 5.98. The molecule has 1 aromatic heterocycles. The molecule has 1 aromatic rings. The number of carbonyl (C=O) groups excluding carboxylic acids is 2. The number of rotatable bonds is 5. The predicted molar refractivity (Wildman–Crippen MR) is 79.1 cm³/mol. The molecule has 7 heteroatoms. The molecule has 0 aromatic carbocycles. The fourth-order valence-corrected chi connectivity index (χ4v) is 2.66. The quantitative estimate of drug-likeness (QED) is 0.860. The van der Waals surface area contributed by atoms with E-state index >= 15 is 0 Å². The first kappa shape index (κ1) is 14.9. The molecular weight excluding hydrogens is 284 g/mol. The molecule has 0 bridgehead atoms. The van der Waals surface area contributed by atoms with Crippen LogP contribution in [0.3, 0.4) is 0 Å². The van der Waals surface area contributed by atoms with Crippen molar-refractivity contribution in [2.75, 3.05) is 6.54 Å². The summed E-state index contributed by atoms with van der Waals surface area (Å²) in [5.74, 6) is 1.06. The maximum atomic E-state index is 11.9. The minimum atomic E-state index is -0.280. The van der Waals surface area contributed by atoms with Gasteiger partial charge in [-0.15, -0.1) is 0 Å². The summed E-state index contributed by atoms with van der Waals surface area (Å²) in [6.45, 7) is 4.98. The third kappa shape index (κ3) is 3.40. The average Bonchev–Trinajstić information content (AvgIpc) is 3.07. The van der Waals surface area contributed by atoms with E-state index < -0.39 is 0 Å². The fourth-order valence-electron chi connectivity index (χ4n) is 2.66. The largest absolute Gasteiger partial charge is 0.359 e. The summed E-state index contributed by atoms with van der Waals surface area (Å²) in [6, 6.07) is 1.87. The van der Waals surface area contributed by atoms with E-state index in [4.69, 9.17) is 4.52 Å². The van der Waals surface area contributed by atoms with Crippen molar-refractivity contribution in [3.05, 3.63) is 17.5 Å². The first-order valence-corrected chi connectivity index (χ1v) is 7.82. The number of hydrogen-bond acceptors (Lipinski definition) is 4. The van der Waals surface area contributed by atoms with E-state index in [-0.39, 0.29) is 18.0 Å². The van der Waals surface area contributed by atoms with Crippen LogP contribution in [0.5, 0.6) is 0 Å². The third-order valence-electron chi connectivity index (χ3n) is 4.07. The molecule has 22 heavy (non-hydrogen) atoms.